The van der Waals surface area contributed by atoms with Gasteiger partial charge in [0.15, 0.2) is 0 Å². The number of piperidine rings is 1. The molecule has 1 aliphatic heterocycles. The van der Waals surface area contributed by atoms with Gasteiger partial charge in [-0.1, -0.05) is 29.8 Å². The van der Waals surface area contributed by atoms with Crippen LogP contribution >= 0.6 is 0 Å². The second-order valence-electron chi connectivity index (χ2n) is 5.89. The summed E-state index contributed by atoms with van der Waals surface area (Å²) in [6.45, 7) is 2.76. The highest BCUT2D eigenvalue weighted by atomic mass is 32.2. The summed E-state index contributed by atoms with van der Waals surface area (Å²) >= 11 is 0. The van der Waals surface area contributed by atoms with E-state index in [-0.39, 0.29) is 24.1 Å². The SMILES string of the molecule is Cc1ccc([C@@H]2CCCCN2C(=O)CCS(C)(=O)=O)cc1. The van der Waals surface area contributed by atoms with E-state index >= 15 is 0 Å². The molecular weight excluding hydrogens is 286 g/mol. The van der Waals surface area contributed by atoms with E-state index < -0.39 is 9.84 Å². The maximum absolute atomic E-state index is 12.4. The fraction of sp³-hybridized carbons (Fsp3) is 0.562. The van der Waals surface area contributed by atoms with Crippen molar-refractivity contribution in [1.29, 1.82) is 0 Å². The smallest absolute Gasteiger partial charge is 0.224 e. The lowest BCUT2D eigenvalue weighted by molar-refractivity contribution is -0.134. The standard InChI is InChI=1S/C16H23NO3S/c1-13-6-8-14(9-7-13)15-5-3-4-11-17(15)16(18)10-12-21(2,19)20/h6-9,15H,3-5,10-12H2,1-2H3/t15-/m0/s1. The fourth-order valence-electron chi connectivity index (χ4n) is 2.78. The van der Waals surface area contributed by atoms with Crippen LogP contribution in [0.15, 0.2) is 24.3 Å². The van der Waals surface area contributed by atoms with E-state index in [1.54, 1.807) is 0 Å². The Morgan fingerprint density at radius 2 is 1.90 bits per heavy atom. The highest BCUT2D eigenvalue weighted by Crippen LogP contribution is 2.31. The van der Waals surface area contributed by atoms with Crippen molar-refractivity contribution in [2.24, 2.45) is 0 Å². The Labute approximate surface area is 127 Å². The fourth-order valence-corrected chi connectivity index (χ4v) is 3.33. The third-order valence-electron chi connectivity index (χ3n) is 3.97. The number of likely N-dealkylation sites (tertiary alicyclic amines) is 1. The Hall–Kier alpha value is -1.36. The molecule has 21 heavy (non-hydrogen) atoms. The van der Waals surface area contributed by atoms with Gasteiger partial charge in [0.1, 0.15) is 9.84 Å². The summed E-state index contributed by atoms with van der Waals surface area (Å²) in [5.74, 6) is -0.117. The van der Waals surface area contributed by atoms with Crippen LogP contribution in [-0.4, -0.2) is 37.8 Å². The van der Waals surface area contributed by atoms with Crippen molar-refractivity contribution in [3.05, 3.63) is 35.4 Å². The first kappa shape index (κ1) is 16.0. The molecule has 0 N–H and O–H groups in total. The first-order valence-electron chi connectivity index (χ1n) is 7.40. The number of nitrogens with zero attached hydrogens (tertiary/aromatic N) is 1. The van der Waals surface area contributed by atoms with Gasteiger partial charge < -0.3 is 4.90 Å². The van der Waals surface area contributed by atoms with E-state index in [2.05, 4.69) is 24.3 Å². The Balaban J connectivity index is 2.11. The van der Waals surface area contributed by atoms with Gasteiger partial charge in [0.2, 0.25) is 5.91 Å². The van der Waals surface area contributed by atoms with Crippen LogP contribution in [0.3, 0.4) is 0 Å². The molecule has 1 saturated heterocycles. The number of aryl methyl sites for hydroxylation is 1. The van der Waals surface area contributed by atoms with Gasteiger partial charge in [0.25, 0.3) is 0 Å². The molecule has 2 rings (SSSR count). The molecule has 1 aromatic carbocycles. The van der Waals surface area contributed by atoms with Crippen LogP contribution in [-0.2, 0) is 14.6 Å². The Bertz CT molecular complexity index is 592. The third-order valence-corrected chi connectivity index (χ3v) is 4.92. The van der Waals surface area contributed by atoms with Crippen molar-refractivity contribution in [1.82, 2.24) is 4.90 Å². The van der Waals surface area contributed by atoms with E-state index in [1.165, 1.54) is 11.8 Å². The molecule has 5 heteroatoms. The Morgan fingerprint density at radius 3 is 2.52 bits per heavy atom. The minimum atomic E-state index is -3.09. The van der Waals surface area contributed by atoms with E-state index in [0.717, 1.165) is 31.4 Å². The summed E-state index contributed by atoms with van der Waals surface area (Å²) in [5, 5.41) is 0. The van der Waals surface area contributed by atoms with Crippen LogP contribution in [0.25, 0.3) is 0 Å². The molecule has 0 aliphatic carbocycles. The van der Waals surface area contributed by atoms with Gasteiger partial charge in [-0.3, -0.25) is 4.79 Å². The highest BCUT2D eigenvalue weighted by Gasteiger charge is 2.28. The third kappa shape index (κ3) is 4.56. The quantitative estimate of drug-likeness (QED) is 0.858. The maximum atomic E-state index is 12.4. The number of rotatable bonds is 4. The van der Waals surface area contributed by atoms with Crippen LogP contribution < -0.4 is 0 Å². The summed E-state index contributed by atoms with van der Waals surface area (Å²) in [6.07, 6.45) is 4.31. The van der Waals surface area contributed by atoms with Crippen molar-refractivity contribution >= 4 is 15.7 Å². The number of hydrogen-bond acceptors (Lipinski definition) is 3. The minimum absolute atomic E-state index is 0.0503. The van der Waals surface area contributed by atoms with Crippen LogP contribution in [0.4, 0.5) is 0 Å². The summed E-state index contributed by atoms with van der Waals surface area (Å²) in [4.78, 5) is 14.2. The summed E-state index contributed by atoms with van der Waals surface area (Å²) < 4.78 is 22.5. The zero-order valence-electron chi connectivity index (χ0n) is 12.7. The average Bonchev–Trinajstić information content (AvgIpc) is 2.45. The molecule has 1 fully saturated rings. The molecule has 1 atom stereocenters. The van der Waals surface area contributed by atoms with E-state index in [9.17, 15) is 13.2 Å². The molecule has 116 valence electrons. The molecule has 1 aliphatic rings. The predicted molar refractivity (Wildman–Crippen MR) is 83.8 cm³/mol. The topological polar surface area (TPSA) is 54.5 Å². The van der Waals surface area contributed by atoms with Gasteiger partial charge in [-0.25, -0.2) is 8.42 Å². The largest absolute Gasteiger partial charge is 0.336 e. The number of hydrogen-bond donors (Lipinski definition) is 0. The van der Waals surface area contributed by atoms with Crippen LogP contribution in [0.1, 0.15) is 42.9 Å². The molecule has 0 unspecified atom stereocenters. The minimum Gasteiger partial charge on any atom is -0.336 e. The molecule has 0 aromatic heterocycles. The van der Waals surface area contributed by atoms with Gasteiger partial charge in [-0.05, 0) is 31.7 Å². The summed E-state index contributed by atoms with van der Waals surface area (Å²) in [7, 11) is -3.09. The number of amides is 1. The normalized spacial score (nSPS) is 19.5. The van der Waals surface area contributed by atoms with Crippen molar-refractivity contribution in [2.75, 3.05) is 18.6 Å². The van der Waals surface area contributed by atoms with Crippen LogP contribution in [0.2, 0.25) is 0 Å². The first-order chi connectivity index (χ1) is 9.87. The Kier molecular flexibility index (Phi) is 5.04. The predicted octanol–water partition coefficient (Wildman–Crippen LogP) is 2.48. The summed E-state index contributed by atoms with van der Waals surface area (Å²) in [6, 6.07) is 8.35. The second-order valence-corrected chi connectivity index (χ2v) is 8.15. The molecule has 1 heterocycles. The summed E-state index contributed by atoms with van der Waals surface area (Å²) in [5.41, 5.74) is 2.34. The lowest BCUT2D eigenvalue weighted by Gasteiger charge is -2.36. The van der Waals surface area contributed by atoms with Gasteiger partial charge in [0, 0.05) is 19.2 Å². The zero-order chi connectivity index (χ0) is 15.5. The number of sulfone groups is 1. The Morgan fingerprint density at radius 1 is 1.24 bits per heavy atom. The molecule has 0 bridgehead atoms. The highest BCUT2D eigenvalue weighted by molar-refractivity contribution is 7.90. The van der Waals surface area contributed by atoms with Crippen LogP contribution in [0.5, 0.6) is 0 Å². The number of carbonyl (C=O) groups excluding carboxylic acids is 1. The molecule has 0 spiro atoms. The second kappa shape index (κ2) is 6.60. The number of benzene rings is 1. The molecule has 0 radical (unpaired) electrons. The van der Waals surface area contributed by atoms with Gasteiger partial charge >= 0.3 is 0 Å². The molecule has 4 nitrogen and oxygen atoms in total. The van der Waals surface area contributed by atoms with Crippen molar-refractivity contribution < 1.29 is 13.2 Å². The molecule has 1 aromatic rings. The van der Waals surface area contributed by atoms with E-state index in [0.29, 0.717) is 0 Å². The van der Waals surface area contributed by atoms with Crippen molar-refractivity contribution in [3.63, 3.8) is 0 Å². The average molecular weight is 309 g/mol. The van der Waals surface area contributed by atoms with Crippen LogP contribution in [0, 0.1) is 6.92 Å². The number of carbonyl (C=O) groups is 1. The molecular formula is C16H23NO3S. The van der Waals surface area contributed by atoms with Crippen molar-refractivity contribution in [2.45, 2.75) is 38.6 Å². The lowest BCUT2D eigenvalue weighted by atomic mass is 9.94. The molecule has 1 amide bonds. The first-order valence-corrected chi connectivity index (χ1v) is 9.46. The monoisotopic (exact) mass is 309 g/mol. The van der Waals surface area contributed by atoms with Gasteiger partial charge in [-0.15, -0.1) is 0 Å². The van der Waals surface area contributed by atoms with Gasteiger partial charge in [-0.2, -0.15) is 0 Å². The van der Waals surface area contributed by atoms with E-state index in [1.807, 2.05) is 11.8 Å². The van der Waals surface area contributed by atoms with Crippen molar-refractivity contribution in [3.8, 4) is 0 Å². The zero-order valence-corrected chi connectivity index (χ0v) is 13.5. The van der Waals surface area contributed by atoms with E-state index in [4.69, 9.17) is 0 Å². The maximum Gasteiger partial charge on any atom is 0.224 e. The molecule has 0 saturated carbocycles. The van der Waals surface area contributed by atoms with Gasteiger partial charge in [0.05, 0.1) is 11.8 Å². The lowest BCUT2D eigenvalue weighted by Crippen LogP contribution is -2.39.